The third-order valence-corrected chi connectivity index (χ3v) is 16.6. The summed E-state index contributed by atoms with van der Waals surface area (Å²) < 4.78 is 12.7. The molecule has 2 saturated heterocycles. The van der Waals surface area contributed by atoms with Gasteiger partial charge in [0.15, 0.2) is 0 Å². The lowest BCUT2D eigenvalue weighted by Gasteiger charge is -2.35. The first-order valence-corrected chi connectivity index (χ1v) is 27.5. The fourth-order valence-corrected chi connectivity index (χ4v) is 12.2. The Kier molecular flexibility index (Phi) is 19.2. The summed E-state index contributed by atoms with van der Waals surface area (Å²) in [5.41, 5.74) is 4.10. The lowest BCUT2D eigenvalue weighted by Crippen LogP contribution is -2.58. The molecule has 0 bridgehead atoms. The van der Waals surface area contributed by atoms with E-state index >= 15 is 0 Å². The molecule has 2 saturated carbocycles. The summed E-state index contributed by atoms with van der Waals surface area (Å²) in [6, 6.07) is 11.5. The van der Waals surface area contributed by atoms with Crippen LogP contribution in [0.3, 0.4) is 0 Å². The number of rotatable bonds is 18. The lowest BCUT2D eigenvalue weighted by atomic mass is 9.83. The Morgan fingerprint density at radius 3 is 1.34 bits per heavy atom. The fraction of sp³-hybridized carbons (Fsp3) is 0.621. The number of benzene rings is 2. The van der Waals surface area contributed by atoms with Gasteiger partial charge in [0.2, 0.25) is 35.4 Å². The van der Waals surface area contributed by atoms with Crippen molar-refractivity contribution in [2.45, 2.75) is 177 Å². The van der Waals surface area contributed by atoms with Gasteiger partial charge in [-0.1, -0.05) is 98.9 Å². The van der Waals surface area contributed by atoms with Crippen LogP contribution in [0.5, 0.6) is 0 Å². The molecule has 2 aliphatic heterocycles. The Balaban J connectivity index is 0.858. The van der Waals surface area contributed by atoms with Gasteiger partial charge in [0.05, 0.1) is 36.4 Å². The van der Waals surface area contributed by atoms with Gasteiger partial charge in [-0.15, -0.1) is 0 Å². The maximum atomic E-state index is 14.3. The highest BCUT2D eigenvalue weighted by Gasteiger charge is 2.45. The van der Waals surface area contributed by atoms with Gasteiger partial charge in [-0.2, -0.15) is 0 Å². The van der Waals surface area contributed by atoms with Gasteiger partial charge in [-0.25, -0.2) is 0 Å². The zero-order valence-corrected chi connectivity index (χ0v) is 43.8. The van der Waals surface area contributed by atoms with Gasteiger partial charge in [0, 0.05) is 25.9 Å². The van der Waals surface area contributed by atoms with Gasteiger partial charge in [-0.05, 0) is 125 Å². The molecule has 0 aromatic heterocycles. The molecule has 6 aliphatic rings. The molecule has 74 heavy (non-hydrogen) atoms. The van der Waals surface area contributed by atoms with E-state index in [1.807, 2.05) is 48.5 Å². The number of likely N-dealkylation sites (tertiary alicyclic amines) is 2. The number of hydrogen-bond acceptors (Lipinski definition) is 10. The molecule has 16 nitrogen and oxygen atoms in total. The van der Waals surface area contributed by atoms with Crippen molar-refractivity contribution in [3.8, 4) is 23.7 Å². The predicted octanol–water partition coefficient (Wildman–Crippen LogP) is 3.92. The molecule has 6 amide bonds. The summed E-state index contributed by atoms with van der Waals surface area (Å²) in [6.45, 7) is 4.62. The summed E-state index contributed by atoms with van der Waals surface area (Å²) in [5, 5.41) is 18.6. The third kappa shape index (κ3) is 13.0. The van der Waals surface area contributed by atoms with Crippen LogP contribution in [-0.4, -0.2) is 134 Å². The highest BCUT2D eigenvalue weighted by Crippen LogP contribution is 2.37. The molecule has 2 aromatic carbocycles. The molecular weight excluding hydrogens is 937 g/mol. The minimum Gasteiger partial charge on any atom is -0.363 e. The van der Waals surface area contributed by atoms with Crippen molar-refractivity contribution in [1.82, 2.24) is 41.7 Å². The van der Waals surface area contributed by atoms with Gasteiger partial charge in [0.1, 0.15) is 37.4 Å². The molecule has 2 unspecified atom stereocenters. The van der Waals surface area contributed by atoms with E-state index in [1.54, 1.807) is 37.7 Å². The molecule has 4 aliphatic carbocycles. The monoisotopic (exact) mass is 1010 g/mol. The molecule has 398 valence electrons. The number of nitrogens with zero attached hydrogens (tertiary/aromatic N) is 2. The second kappa shape index (κ2) is 26.1. The Labute approximate surface area is 437 Å². The van der Waals surface area contributed by atoms with E-state index in [4.69, 9.17) is 9.47 Å². The Morgan fingerprint density at radius 2 is 0.946 bits per heavy atom. The van der Waals surface area contributed by atoms with Gasteiger partial charge in [-0.3, -0.25) is 28.8 Å². The molecule has 2 aromatic rings. The second-order valence-electron chi connectivity index (χ2n) is 21.2. The highest BCUT2D eigenvalue weighted by molar-refractivity contribution is 5.95. The van der Waals surface area contributed by atoms with Crippen molar-refractivity contribution < 1.29 is 38.2 Å². The maximum absolute atomic E-state index is 14.3. The topological polar surface area (TPSA) is 200 Å². The second-order valence-corrected chi connectivity index (χ2v) is 21.2. The lowest BCUT2D eigenvalue weighted by molar-refractivity contribution is -0.143. The molecular formula is C58H78N8O8. The Morgan fingerprint density at radius 1 is 0.554 bits per heavy atom. The highest BCUT2D eigenvalue weighted by atomic mass is 16.5. The van der Waals surface area contributed by atoms with E-state index < -0.39 is 48.3 Å². The minimum atomic E-state index is -0.679. The molecule has 2 heterocycles. The van der Waals surface area contributed by atoms with Crippen molar-refractivity contribution >= 4 is 35.4 Å². The average Bonchev–Trinajstić information content (AvgIpc) is 4.26. The number of likely N-dealkylation sites (N-methyl/N-ethyl adjacent to an activating group) is 2. The van der Waals surface area contributed by atoms with Crippen LogP contribution < -0.4 is 31.9 Å². The van der Waals surface area contributed by atoms with Gasteiger partial charge >= 0.3 is 0 Å². The van der Waals surface area contributed by atoms with E-state index in [-0.39, 0.29) is 72.7 Å². The first-order valence-electron chi connectivity index (χ1n) is 27.5. The number of carbonyl (C=O) groups is 6. The van der Waals surface area contributed by atoms with Crippen LogP contribution >= 0.6 is 0 Å². The summed E-state index contributed by atoms with van der Waals surface area (Å²) in [7, 11) is 3.44. The first-order chi connectivity index (χ1) is 36.0. The standard InChI is InChI=1S/C58H78N8O8/c1-37(59-3)53(67)61-49(39-21-9-7-10-22-39)57(71)65-31-19-29-45(65)55(69)63-51-43-27-15-13-25-41(43)35-47(51)73-33-17-5-6-18-34-74-48-36-42-26-14-16-28-44(42)52(48)64-56(70)46-30-20-32-66(46)58(72)50(40-23-11-8-12-24-40)62-54(68)38(2)60-4/h13-16,25-28,37-40,45-52,59-60H,7-12,19-24,29-36H2,1-4H3,(H,61,67)(H,62,68)(H,63,69)(H,64,70)/t37-,38-,45?,46?,47+,48+,49-,50-,51-,52-/m0/s1. The number of fused-ring (bicyclic) bond motifs is 2. The summed E-state index contributed by atoms with van der Waals surface area (Å²) >= 11 is 0. The minimum absolute atomic E-state index is 0.0261. The van der Waals surface area contributed by atoms with Crippen LogP contribution in [0.15, 0.2) is 48.5 Å². The SMILES string of the molecule is CN[C@@H](C)C(=O)N[C@H](C(=O)N1CCCC1C(=O)N[C@H]1c2ccccc2C[C@H]1OCC#CC#CCO[C@@H]1Cc2ccccc2[C@@H]1NC(=O)C1CCCN1C(=O)[C@@H](NC(=O)[C@H](C)NC)C1CCCCC1)C1CCCCC1. The van der Waals surface area contributed by atoms with E-state index in [0.29, 0.717) is 51.6 Å². The summed E-state index contributed by atoms with van der Waals surface area (Å²) in [4.78, 5) is 86.6. The van der Waals surface area contributed by atoms with Crippen molar-refractivity contribution in [3.63, 3.8) is 0 Å². The number of amides is 6. The van der Waals surface area contributed by atoms with Crippen LogP contribution in [-0.2, 0) is 51.1 Å². The zero-order chi connectivity index (χ0) is 52.1. The molecule has 16 heteroatoms. The van der Waals surface area contributed by atoms with Crippen LogP contribution in [0.25, 0.3) is 0 Å². The normalized spacial score (nSPS) is 25.2. The number of carbonyl (C=O) groups excluding carboxylic acids is 6. The van der Waals surface area contributed by atoms with Crippen molar-refractivity contribution in [2.75, 3.05) is 40.4 Å². The number of ether oxygens (including phenoxy) is 2. The molecule has 8 rings (SSSR count). The third-order valence-electron chi connectivity index (χ3n) is 16.6. The maximum Gasteiger partial charge on any atom is 0.246 e. The van der Waals surface area contributed by atoms with Crippen molar-refractivity contribution in [1.29, 1.82) is 0 Å². The average molecular weight is 1020 g/mol. The van der Waals surface area contributed by atoms with E-state index in [9.17, 15) is 28.8 Å². The first kappa shape index (κ1) is 54.5. The van der Waals surface area contributed by atoms with Crippen LogP contribution in [0.2, 0.25) is 0 Å². The van der Waals surface area contributed by atoms with Crippen molar-refractivity contribution in [3.05, 3.63) is 70.8 Å². The molecule has 6 N–H and O–H groups in total. The molecule has 10 atom stereocenters. The van der Waals surface area contributed by atoms with Crippen LogP contribution in [0.1, 0.15) is 138 Å². The largest absolute Gasteiger partial charge is 0.363 e. The van der Waals surface area contributed by atoms with Crippen molar-refractivity contribution in [2.24, 2.45) is 11.8 Å². The van der Waals surface area contributed by atoms with E-state index in [0.717, 1.165) is 86.5 Å². The Bertz CT molecular complexity index is 2280. The molecule has 4 fully saturated rings. The molecule has 0 spiro atoms. The van der Waals surface area contributed by atoms with Gasteiger partial charge < -0.3 is 51.2 Å². The number of hydrogen-bond donors (Lipinski definition) is 6. The van der Waals surface area contributed by atoms with E-state index in [1.165, 1.54) is 0 Å². The summed E-state index contributed by atoms with van der Waals surface area (Å²) in [5.74, 6) is 10.6. The van der Waals surface area contributed by atoms with Crippen LogP contribution in [0.4, 0.5) is 0 Å². The van der Waals surface area contributed by atoms with E-state index in [2.05, 4.69) is 55.6 Å². The smallest absolute Gasteiger partial charge is 0.246 e. The quantitative estimate of drug-likeness (QED) is 0.119. The van der Waals surface area contributed by atoms with Crippen LogP contribution in [0, 0.1) is 35.5 Å². The predicted molar refractivity (Wildman–Crippen MR) is 281 cm³/mol. The molecule has 0 radical (unpaired) electrons. The van der Waals surface area contributed by atoms with Gasteiger partial charge in [0.25, 0.3) is 0 Å². The summed E-state index contributed by atoms with van der Waals surface area (Å²) in [6.07, 6.45) is 12.6. The fourth-order valence-electron chi connectivity index (χ4n) is 12.2. The Hall–Kier alpha value is -5.78. The zero-order valence-electron chi connectivity index (χ0n) is 43.8. The number of nitrogens with one attached hydrogen (secondary N) is 6.